The Labute approximate surface area is 109 Å². The highest BCUT2D eigenvalue weighted by atomic mass is 32.2. The van der Waals surface area contributed by atoms with Crippen LogP contribution in [-0.2, 0) is 16.4 Å². The highest BCUT2D eigenvalue weighted by molar-refractivity contribution is 7.88. The Bertz CT molecular complexity index is 586. The van der Waals surface area contributed by atoms with Gasteiger partial charge >= 0.3 is 0 Å². The lowest BCUT2D eigenvalue weighted by Gasteiger charge is -2.11. The van der Waals surface area contributed by atoms with Crippen molar-refractivity contribution < 1.29 is 8.42 Å². The van der Waals surface area contributed by atoms with E-state index in [4.69, 9.17) is 0 Å². The normalized spacial score (nSPS) is 14.8. The second-order valence-electron chi connectivity index (χ2n) is 5.10. The maximum absolute atomic E-state index is 11.1. The van der Waals surface area contributed by atoms with Gasteiger partial charge in [0.1, 0.15) is 0 Å². The van der Waals surface area contributed by atoms with Crippen LogP contribution in [0.4, 0.5) is 0 Å². The van der Waals surface area contributed by atoms with E-state index in [9.17, 15) is 8.42 Å². The van der Waals surface area contributed by atoms with E-state index >= 15 is 0 Å². The first-order valence-electron chi connectivity index (χ1n) is 6.13. The Hall–Kier alpha value is -1.13. The molecule has 0 spiro atoms. The number of hydrogen-bond donors (Lipinski definition) is 1. The minimum absolute atomic E-state index is 0.382. The number of nitrogens with one attached hydrogen (secondary N) is 1. The minimum atomic E-state index is -3.13. The second kappa shape index (κ2) is 4.86. The summed E-state index contributed by atoms with van der Waals surface area (Å²) in [5.41, 5.74) is 4.85. The third-order valence-corrected chi connectivity index (χ3v) is 3.91. The molecule has 1 aliphatic rings. The Morgan fingerprint density at radius 2 is 2.06 bits per heavy atom. The molecule has 0 fully saturated rings. The largest absolute Gasteiger partial charge is 0.213 e. The highest BCUT2D eigenvalue weighted by Crippen LogP contribution is 2.30. The molecular formula is C14H19NO2S. The molecule has 3 nitrogen and oxygen atoms in total. The van der Waals surface area contributed by atoms with Gasteiger partial charge in [0, 0.05) is 6.54 Å². The Kier molecular flexibility index (Phi) is 3.59. The number of hydrogen-bond acceptors (Lipinski definition) is 2. The molecule has 0 bridgehead atoms. The van der Waals surface area contributed by atoms with Gasteiger partial charge in [-0.15, -0.1) is 0 Å². The zero-order chi connectivity index (χ0) is 13.3. The number of sulfonamides is 1. The molecule has 1 aromatic carbocycles. The quantitative estimate of drug-likeness (QED) is 0.908. The summed E-state index contributed by atoms with van der Waals surface area (Å²) in [6.45, 7) is 4.71. The molecule has 98 valence electrons. The Morgan fingerprint density at radius 1 is 1.33 bits per heavy atom. The predicted molar refractivity (Wildman–Crippen MR) is 75.1 cm³/mol. The highest BCUT2D eigenvalue weighted by Gasteiger charge is 2.16. The molecule has 0 heterocycles. The van der Waals surface area contributed by atoms with E-state index in [0.717, 1.165) is 12.0 Å². The predicted octanol–water partition coefficient (Wildman–Crippen LogP) is 2.30. The van der Waals surface area contributed by atoms with Crippen LogP contribution in [0.25, 0.3) is 5.57 Å². The average molecular weight is 265 g/mol. The first kappa shape index (κ1) is 13.3. The van der Waals surface area contributed by atoms with Crippen molar-refractivity contribution in [1.29, 1.82) is 0 Å². The third-order valence-electron chi connectivity index (χ3n) is 3.24. The van der Waals surface area contributed by atoms with Crippen molar-refractivity contribution in [2.45, 2.75) is 26.2 Å². The van der Waals surface area contributed by atoms with Gasteiger partial charge in [0.15, 0.2) is 0 Å². The molecule has 4 heteroatoms. The van der Waals surface area contributed by atoms with E-state index in [-0.39, 0.29) is 0 Å². The van der Waals surface area contributed by atoms with Crippen LogP contribution >= 0.6 is 0 Å². The van der Waals surface area contributed by atoms with Gasteiger partial charge < -0.3 is 0 Å². The van der Waals surface area contributed by atoms with E-state index in [0.29, 0.717) is 12.5 Å². The van der Waals surface area contributed by atoms with Crippen LogP contribution in [0.3, 0.4) is 0 Å². The van der Waals surface area contributed by atoms with Crippen molar-refractivity contribution in [3.8, 4) is 0 Å². The average Bonchev–Trinajstić information content (AvgIpc) is 2.67. The van der Waals surface area contributed by atoms with E-state index < -0.39 is 10.0 Å². The summed E-state index contributed by atoms with van der Waals surface area (Å²) in [5.74, 6) is 0.486. The van der Waals surface area contributed by atoms with Gasteiger partial charge in [0.25, 0.3) is 0 Å². The molecule has 0 aliphatic heterocycles. The number of benzene rings is 1. The van der Waals surface area contributed by atoms with E-state index in [1.54, 1.807) is 0 Å². The third kappa shape index (κ3) is 3.00. The zero-order valence-electron chi connectivity index (χ0n) is 11.0. The van der Waals surface area contributed by atoms with Crippen LogP contribution in [0.2, 0.25) is 0 Å². The molecule has 0 saturated heterocycles. The van der Waals surface area contributed by atoms with Crippen LogP contribution in [0, 0.1) is 0 Å². The second-order valence-corrected chi connectivity index (χ2v) is 6.93. The van der Waals surface area contributed by atoms with Gasteiger partial charge in [0.05, 0.1) is 6.26 Å². The number of fused-ring (bicyclic) bond motifs is 1. The number of allylic oxidation sites excluding steroid dienone is 1. The summed E-state index contributed by atoms with van der Waals surface area (Å²) >= 11 is 0. The molecule has 1 N–H and O–H groups in total. The Balaban J connectivity index is 2.22. The fourth-order valence-corrected chi connectivity index (χ4v) is 2.57. The molecule has 0 amide bonds. The lowest BCUT2D eigenvalue weighted by atomic mass is 9.96. The van der Waals surface area contributed by atoms with Crippen molar-refractivity contribution in [2.24, 2.45) is 0 Å². The summed E-state index contributed by atoms with van der Waals surface area (Å²) < 4.78 is 24.8. The van der Waals surface area contributed by atoms with Crippen molar-refractivity contribution in [1.82, 2.24) is 4.72 Å². The van der Waals surface area contributed by atoms with Crippen LogP contribution < -0.4 is 4.72 Å². The molecule has 0 unspecified atom stereocenters. The van der Waals surface area contributed by atoms with E-state index in [2.05, 4.69) is 42.8 Å². The lowest BCUT2D eigenvalue weighted by molar-refractivity contribution is 0.592. The van der Waals surface area contributed by atoms with Gasteiger partial charge in [-0.2, -0.15) is 0 Å². The van der Waals surface area contributed by atoms with Crippen LogP contribution in [0.1, 0.15) is 36.5 Å². The maximum atomic E-state index is 11.1. The van der Waals surface area contributed by atoms with Gasteiger partial charge in [-0.05, 0) is 34.6 Å². The molecule has 18 heavy (non-hydrogen) atoms. The summed E-state index contributed by atoms with van der Waals surface area (Å²) in [4.78, 5) is 0. The van der Waals surface area contributed by atoms with Gasteiger partial charge in [-0.25, -0.2) is 13.1 Å². The smallest absolute Gasteiger partial charge is 0.209 e. The lowest BCUT2D eigenvalue weighted by Crippen LogP contribution is -2.23. The van der Waals surface area contributed by atoms with Crippen LogP contribution in [-0.4, -0.2) is 21.2 Å². The van der Waals surface area contributed by atoms with Crippen LogP contribution in [0.5, 0.6) is 0 Å². The van der Waals surface area contributed by atoms with Gasteiger partial charge in [0.2, 0.25) is 10.0 Å². The zero-order valence-corrected chi connectivity index (χ0v) is 11.8. The first-order valence-corrected chi connectivity index (χ1v) is 8.03. The number of rotatable bonds is 4. The topological polar surface area (TPSA) is 46.2 Å². The van der Waals surface area contributed by atoms with Gasteiger partial charge in [-0.3, -0.25) is 0 Å². The first-order chi connectivity index (χ1) is 8.37. The molecule has 0 aromatic heterocycles. The summed E-state index contributed by atoms with van der Waals surface area (Å²) in [5, 5.41) is 0. The summed E-state index contributed by atoms with van der Waals surface area (Å²) in [6, 6.07) is 6.49. The van der Waals surface area contributed by atoms with E-state index in [1.165, 1.54) is 22.9 Å². The molecule has 0 radical (unpaired) electrons. The fraction of sp³-hybridized carbons (Fsp3) is 0.429. The summed E-state index contributed by atoms with van der Waals surface area (Å²) in [6.07, 6.45) is 4.19. The van der Waals surface area contributed by atoms with Crippen molar-refractivity contribution in [3.63, 3.8) is 0 Å². The molecule has 2 rings (SSSR count). The van der Waals surface area contributed by atoms with Gasteiger partial charge in [-0.1, -0.05) is 38.1 Å². The van der Waals surface area contributed by atoms with E-state index in [1.807, 2.05) is 0 Å². The molecule has 1 aromatic rings. The standard InChI is InChI=1S/C14H19NO2S/c1-10(2)12-6-4-11-5-7-13(14(11)8-12)9-15-18(3,16)17/h4,6-8,10,15H,5,9H2,1-3H3. The maximum Gasteiger partial charge on any atom is 0.209 e. The van der Waals surface area contributed by atoms with Crippen molar-refractivity contribution >= 4 is 15.6 Å². The monoisotopic (exact) mass is 265 g/mol. The molecule has 1 aliphatic carbocycles. The van der Waals surface area contributed by atoms with Crippen LogP contribution in [0.15, 0.2) is 24.3 Å². The molecular weight excluding hydrogens is 246 g/mol. The Morgan fingerprint density at radius 3 is 2.67 bits per heavy atom. The fourth-order valence-electron chi connectivity index (χ4n) is 2.15. The van der Waals surface area contributed by atoms with Crippen molar-refractivity contribution in [3.05, 3.63) is 41.0 Å². The molecule has 0 atom stereocenters. The summed E-state index contributed by atoms with van der Waals surface area (Å²) in [7, 11) is -3.13. The van der Waals surface area contributed by atoms with Crippen molar-refractivity contribution in [2.75, 3.05) is 12.8 Å². The SMILES string of the molecule is CC(C)c1ccc2c(c1)C(CNS(C)(=O)=O)=CC2. The molecule has 0 saturated carbocycles. The minimum Gasteiger partial charge on any atom is -0.213 e.